The first-order chi connectivity index (χ1) is 16.2. The van der Waals surface area contributed by atoms with Crippen molar-refractivity contribution < 1.29 is 4.42 Å². The number of benzene rings is 5. The molecule has 0 atom stereocenters. The second-order valence-electron chi connectivity index (χ2n) is 8.83. The van der Waals surface area contributed by atoms with Crippen LogP contribution < -0.4 is 4.90 Å². The highest BCUT2D eigenvalue weighted by atomic mass is 16.3. The van der Waals surface area contributed by atoms with E-state index in [1.165, 1.54) is 10.9 Å². The van der Waals surface area contributed by atoms with Gasteiger partial charge in [0.2, 0.25) is 0 Å². The highest BCUT2D eigenvalue weighted by molar-refractivity contribution is 6.19. The standard InChI is InChI=1S/C31H25NO/c1-21(2)22-16-18-24(19-17-22)32(23-10-4-3-5-11-23)29-20-28-26-13-8-9-15-30(26)33-31(28)27-14-7-6-12-25(27)29/h3-21H,1-2H3. The fraction of sp³-hybridized carbons (Fsp3) is 0.0968. The smallest absolute Gasteiger partial charge is 0.143 e. The lowest BCUT2D eigenvalue weighted by molar-refractivity contribution is 0.672. The van der Waals surface area contributed by atoms with Crippen molar-refractivity contribution >= 4 is 49.8 Å². The van der Waals surface area contributed by atoms with Gasteiger partial charge >= 0.3 is 0 Å². The first-order valence-electron chi connectivity index (χ1n) is 11.5. The Labute approximate surface area is 193 Å². The molecule has 0 saturated heterocycles. The molecule has 0 aliphatic carbocycles. The molecule has 0 spiro atoms. The molecule has 0 fully saturated rings. The van der Waals surface area contributed by atoms with Crippen molar-refractivity contribution in [3.8, 4) is 0 Å². The Hall–Kier alpha value is -4.04. The molecule has 0 amide bonds. The number of rotatable bonds is 4. The molecule has 33 heavy (non-hydrogen) atoms. The maximum Gasteiger partial charge on any atom is 0.143 e. The van der Waals surface area contributed by atoms with E-state index in [1.807, 2.05) is 12.1 Å². The quantitative estimate of drug-likeness (QED) is 0.279. The number of nitrogens with zero attached hydrogens (tertiary/aromatic N) is 1. The van der Waals surface area contributed by atoms with E-state index in [0.717, 1.165) is 44.4 Å². The van der Waals surface area contributed by atoms with E-state index in [2.05, 4.69) is 116 Å². The average molecular weight is 428 g/mol. The van der Waals surface area contributed by atoms with Crippen LogP contribution in [0.3, 0.4) is 0 Å². The van der Waals surface area contributed by atoms with E-state index in [-0.39, 0.29) is 0 Å². The lowest BCUT2D eigenvalue weighted by Gasteiger charge is -2.27. The molecule has 0 aliphatic heterocycles. The first-order valence-corrected chi connectivity index (χ1v) is 11.5. The first kappa shape index (κ1) is 19.6. The van der Waals surface area contributed by atoms with E-state index >= 15 is 0 Å². The van der Waals surface area contributed by atoms with Crippen molar-refractivity contribution in [2.75, 3.05) is 4.90 Å². The minimum absolute atomic E-state index is 0.499. The van der Waals surface area contributed by atoms with Gasteiger partial charge in [0.1, 0.15) is 11.2 Å². The summed E-state index contributed by atoms with van der Waals surface area (Å²) in [6.07, 6.45) is 0. The zero-order valence-electron chi connectivity index (χ0n) is 18.8. The molecule has 160 valence electrons. The summed E-state index contributed by atoms with van der Waals surface area (Å²) in [5.41, 5.74) is 6.62. The lowest BCUT2D eigenvalue weighted by atomic mass is 10.0. The van der Waals surface area contributed by atoms with Gasteiger partial charge < -0.3 is 9.32 Å². The molecule has 0 radical (unpaired) electrons. The predicted octanol–water partition coefficient (Wildman–Crippen LogP) is 9.33. The molecule has 1 aromatic heterocycles. The van der Waals surface area contributed by atoms with E-state index < -0.39 is 0 Å². The third kappa shape index (κ3) is 3.27. The number of hydrogen-bond acceptors (Lipinski definition) is 2. The topological polar surface area (TPSA) is 16.4 Å². The molecule has 0 unspecified atom stereocenters. The molecule has 6 aromatic rings. The van der Waals surface area contributed by atoms with Gasteiger partial charge in [-0.15, -0.1) is 0 Å². The fourth-order valence-electron chi connectivity index (χ4n) is 4.73. The maximum absolute atomic E-state index is 6.34. The Bertz CT molecular complexity index is 1580. The summed E-state index contributed by atoms with van der Waals surface area (Å²) in [7, 11) is 0. The highest BCUT2D eigenvalue weighted by Crippen LogP contribution is 2.44. The largest absolute Gasteiger partial charge is 0.455 e. The van der Waals surface area contributed by atoms with Gasteiger partial charge in [-0.05, 0) is 47.9 Å². The van der Waals surface area contributed by atoms with E-state index in [9.17, 15) is 0 Å². The molecule has 1 heterocycles. The van der Waals surface area contributed by atoms with Gasteiger partial charge in [-0.1, -0.05) is 86.6 Å². The van der Waals surface area contributed by atoms with Gasteiger partial charge in [-0.25, -0.2) is 0 Å². The third-order valence-electron chi connectivity index (χ3n) is 6.44. The summed E-state index contributed by atoms with van der Waals surface area (Å²) in [6.45, 7) is 4.46. The molecular weight excluding hydrogens is 402 g/mol. The van der Waals surface area contributed by atoms with Crippen LogP contribution in [0.2, 0.25) is 0 Å². The predicted molar refractivity (Wildman–Crippen MR) is 140 cm³/mol. The normalized spacial score (nSPS) is 11.6. The van der Waals surface area contributed by atoms with Crippen molar-refractivity contribution in [2.24, 2.45) is 0 Å². The Kier molecular flexibility index (Phi) is 4.66. The molecule has 2 heteroatoms. The molecule has 6 rings (SSSR count). The molecule has 5 aromatic carbocycles. The Morgan fingerprint density at radius 1 is 0.576 bits per heavy atom. The third-order valence-corrected chi connectivity index (χ3v) is 6.44. The van der Waals surface area contributed by atoms with Gasteiger partial charge in [-0.3, -0.25) is 0 Å². The average Bonchev–Trinajstić information content (AvgIpc) is 3.24. The van der Waals surface area contributed by atoms with Crippen molar-refractivity contribution in [3.63, 3.8) is 0 Å². The second-order valence-corrected chi connectivity index (χ2v) is 8.83. The minimum atomic E-state index is 0.499. The Balaban J connectivity index is 1.68. The van der Waals surface area contributed by atoms with Crippen LogP contribution in [-0.2, 0) is 0 Å². The summed E-state index contributed by atoms with van der Waals surface area (Å²) in [5.74, 6) is 0.499. The number of para-hydroxylation sites is 2. The number of anilines is 3. The van der Waals surface area contributed by atoms with Crippen LogP contribution in [0.25, 0.3) is 32.7 Å². The van der Waals surface area contributed by atoms with Crippen LogP contribution in [0.4, 0.5) is 17.1 Å². The van der Waals surface area contributed by atoms with Crippen molar-refractivity contribution in [2.45, 2.75) is 19.8 Å². The van der Waals surface area contributed by atoms with Gasteiger partial charge in [0.15, 0.2) is 0 Å². The summed E-state index contributed by atoms with van der Waals surface area (Å²) >= 11 is 0. The zero-order valence-corrected chi connectivity index (χ0v) is 18.8. The second kappa shape index (κ2) is 7.83. The number of furan rings is 1. The highest BCUT2D eigenvalue weighted by Gasteiger charge is 2.19. The summed E-state index contributed by atoms with van der Waals surface area (Å²) in [6, 6.07) is 38.7. The van der Waals surface area contributed by atoms with E-state index in [0.29, 0.717) is 5.92 Å². The Morgan fingerprint density at radius 2 is 1.18 bits per heavy atom. The van der Waals surface area contributed by atoms with Crippen molar-refractivity contribution in [1.82, 2.24) is 0 Å². The monoisotopic (exact) mass is 427 g/mol. The van der Waals surface area contributed by atoms with Crippen LogP contribution in [-0.4, -0.2) is 0 Å². The minimum Gasteiger partial charge on any atom is -0.455 e. The SMILES string of the molecule is CC(C)c1ccc(N(c2ccccc2)c2cc3c4ccccc4oc3c3ccccc23)cc1. The molecule has 0 N–H and O–H groups in total. The van der Waals surface area contributed by atoms with E-state index in [4.69, 9.17) is 4.42 Å². The van der Waals surface area contributed by atoms with Gasteiger partial charge in [0.25, 0.3) is 0 Å². The van der Waals surface area contributed by atoms with Crippen molar-refractivity contribution in [1.29, 1.82) is 0 Å². The maximum atomic E-state index is 6.34. The van der Waals surface area contributed by atoms with Crippen LogP contribution in [0, 0.1) is 0 Å². The molecule has 0 saturated carbocycles. The fourth-order valence-corrected chi connectivity index (χ4v) is 4.73. The summed E-state index contributed by atoms with van der Waals surface area (Å²) in [4.78, 5) is 2.35. The lowest BCUT2D eigenvalue weighted by Crippen LogP contribution is -2.10. The zero-order chi connectivity index (χ0) is 22.4. The van der Waals surface area contributed by atoms with Crippen LogP contribution in [0.5, 0.6) is 0 Å². The van der Waals surface area contributed by atoms with Crippen LogP contribution in [0.15, 0.2) is 114 Å². The number of fused-ring (bicyclic) bond motifs is 5. The van der Waals surface area contributed by atoms with Gasteiger partial charge in [0, 0.05) is 32.9 Å². The van der Waals surface area contributed by atoms with Gasteiger partial charge in [-0.2, -0.15) is 0 Å². The molecule has 0 bridgehead atoms. The van der Waals surface area contributed by atoms with Crippen molar-refractivity contribution in [3.05, 3.63) is 115 Å². The molecular formula is C31H25NO. The van der Waals surface area contributed by atoms with Crippen LogP contribution in [0.1, 0.15) is 25.3 Å². The van der Waals surface area contributed by atoms with Crippen LogP contribution >= 0.6 is 0 Å². The Morgan fingerprint density at radius 3 is 1.91 bits per heavy atom. The molecule has 2 nitrogen and oxygen atoms in total. The summed E-state index contributed by atoms with van der Waals surface area (Å²) < 4.78 is 6.34. The molecule has 0 aliphatic rings. The number of hydrogen-bond donors (Lipinski definition) is 0. The van der Waals surface area contributed by atoms with E-state index in [1.54, 1.807) is 0 Å². The van der Waals surface area contributed by atoms with Gasteiger partial charge in [0.05, 0.1) is 5.69 Å². The summed E-state index contributed by atoms with van der Waals surface area (Å²) in [5, 5.41) is 4.57.